The van der Waals surface area contributed by atoms with Gasteiger partial charge in [0, 0.05) is 0 Å². The Morgan fingerprint density at radius 2 is 0.933 bits per heavy atom. The van der Waals surface area contributed by atoms with E-state index in [9.17, 15) is 0 Å². The van der Waals surface area contributed by atoms with Crippen LogP contribution in [-0.4, -0.2) is 46.1 Å². The molecule has 2 aromatic carbocycles. The van der Waals surface area contributed by atoms with E-state index < -0.39 is 0 Å². The van der Waals surface area contributed by atoms with Crippen LogP contribution in [0.1, 0.15) is 16.8 Å². The second kappa shape index (κ2) is 8.16. The molecule has 72 valence electrons. The third-order valence-electron chi connectivity index (χ3n) is 2.09. The number of benzene rings is 2. The molecule has 0 saturated heterocycles. The number of hydrogen-bond donors (Lipinski definition) is 0. The molecule has 0 N–H and O–H groups in total. The number of rotatable bonds is 2. The molecule has 0 spiro atoms. The Morgan fingerprint density at radius 3 is 1.27 bits per heavy atom. The second-order valence-electron chi connectivity index (χ2n) is 3.15. The third-order valence-corrected chi connectivity index (χ3v) is 2.09. The summed E-state index contributed by atoms with van der Waals surface area (Å²) in [7, 11) is 0. The maximum atomic E-state index is 2.16. The Morgan fingerprint density at radius 1 is 0.600 bits per heavy atom. The maximum Gasteiger partial charge on any atom is 2.00 e. The van der Waals surface area contributed by atoms with Gasteiger partial charge in [-0.2, -0.15) is 0 Å². The van der Waals surface area contributed by atoms with Crippen LogP contribution in [0.3, 0.4) is 0 Å². The van der Waals surface area contributed by atoms with Crippen molar-refractivity contribution < 1.29 is 5.71 Å². The first kappa shape index (κ1) is 15.0. The third kappa shape index (κ3) is 5.02. The van der Waals surface area contributed by atoms with Crippen LogP contribution >= 0.6 is 0 Å². The molecule has 0 aliphatic carbocycles. The van der Waals surface area contributed by atoms with Crippen molar-refractivity contribution in [3.05, 3.63) is 71.8 Å². The molecule has 2 aromatic rings. The van der Waals surface area contributed by atoms with Crippen LogP contribution in [0, 0.1) is 0 Å². The molecule has 0 nitrogen and oxygen atoms in total. The van der Waals surface area contributed by atoms with Gasteiger partial charge in [-0.1, -0.05) is 60.7 Å². The molecule has 0 heterocycles. The fourth-order valence-electron chi connectivity index (χ4n) is 1.43. The molecule has 2 heteroatoms. The minimum atomic E-state index is 0. The van der Waals surface area contributed by atoms with Gasteiger partial charge in [0.15, 0.2) is 0 Å². The molecular weight excluding hydrogens is 205 g/mol. The summed E-state index contributed by atoms with van der Waals surface area (Å²) in [5.41, 5.74) is 2.74. The molecule has 0 aliphatic rings. The van der Waals surface area contributed by atoms with Gasteiger partial charge in [-0.3, -0.25) is 0 Å². The van der Waals surface area contributed by atoms with E-state index in [0.717, 1.165) is 6.42 Å². The summed E-state index contributed by atoms with van der Waals surface area (Å²) in [6.45, 7) is 0. The Bertz CT molecular complexity index is 333. The first-order chi connectivity index (χ1) is 6.45. The topological polar surface area (TPSA) is 0 Å². The van der Waals surface area contributed by atoms with E-state index in [-0.39, 0.29) is 51.8 Å². The summed E-state index contributed by atoms with van der Waals surface area (Å²) < 4.78 is 0. The van der Waals surface area contributed by atoms with Crippen molar-refractivity contribution >= 4 is 46.1 Å². The van der Waals surface area contributed by atoms with E-state index in [1.165, 1.54) is 11.1 Å². The first-order valence-electron chi connectivity index (χ1n) is 4.53. The van der Waals surface area contributed by atoms with E-state index in [4.69, 9.17) is 0 Å². The smallest absolute Gasteiger partial charge is 1.00 e. The van der Waals surface area contributed by atoms with Gasteiger partial charge in [0.1, 0.15) is 0 Å². The Kier molecular flexibility index (Phi) is 8.15. The van der Waals surface area contributed by atoms with Crippen LogP contribution in [0.25, 0.3) is 0 Å². The van der Waals surface area contributed by atoms with Crippen molar-refractivity contribution in [2.75, 3.05) is 0 Å². The molecule has 0 atom stereocenters. The molecule has 0 aromatic heterocycles. The van der Waals surface area contributed by atoms with Crippen molar-refractivity contribution in [3.63, 3.8) is 0 Å². The minimum absolute atomic E-state index is 0. The summed E-state index contributed by atoms with van der Waals surface area (Å²) in [5.74, 6) is 0. The van der Waals surface area contributed by atoms with Crippen molar-refractivity contribution in [1.29, 1.82) is 0 Å². The van der Waals surface area contributed by atoms with Crippen LogP contribution in [0.2, 0.25) is 0 Å². The predicted molar refractivity (Wildman–Crippen MR) is 71.6 cm³/mol. The van der Waals surface area contributed by atoms with Gasteiger partial charge in [-0.25, -0.2) is 0 Å². The summed E-state index contributed by atoms with van der Waals surface area (Å²) in [4.78, 5) is 0. The van der Waals surface area contributed by atoms with Gasteiger partial charge in [-0.15, -0.1) is 0 Å². The Hall–Kier alpha value is -0.0275. The van der Waals surface area contributed by atoms with Crippen molar-refractivity contribution in [3.8, 4) is 0 Å². The van der Waals surface area contributed by atoms with Crippen LogP contribution in [0.15, 0.2) is 60.7 Å². The quantitative estimate of drug-likeness (QED) is 0.683. The van der Waals surface area contributed by atoms with Gasteiger partial charge in [-0.05, 0) is 17.5 Å². The zero-order chi connectivity index (χ0) is 8.93. The monoisotopic (exact) mass is 220 g/mol. The van der Waals surface area contributed by atoms with Gasteiger partial charge < -0.3 is 5.71 Å². The van der Waals surface area contributed by atoms with Crippen molar-refractivity contribution in [2.45, 2.75) is 6.42 Å². The van der Waals surface area contributed by atoms with Crippen molar-refractivity contribution in [2.24, 2.45) is 0 Å². The molecule has 15 heavy (non-hydrogen) atoms. The zero-order valence-corrected chi connectivity index (χ0v) is 11.7. The summed E-state index contributed by atoms with van der Waals surface area (Å²) in [6.07, 6.45) is 1.03. The van der Waals surface area contributed by atoms with E-state index in [1.807, 2.05) is 0 Å². The summed E-state index contributed by atoms with van der Waals surface area (Å²) in [5, 5.41) is 0. The molecule has 0 radical (unpaired) electrons. The molecule has 0 unspecified atom stereocenters. The molecule has 2 rings (SSSR count). The summed E-state index contributed by atoms with van der Waals surface area (Å²) >= 11 is 0. The molecule has 0 aliphatic heterocycles. The largest absolute Gasteiger partial charge is 2.00 e. The fourth-order valence-corrected chi connectivity index (χ4v) is 1.43. The first-order valence-corrected chi connectivity index (χ1v) is 4.53. The van der Waals surface area contributed by atoms with E-state index in [1.54, 1.807) is 0 Å². The fraction of sp³-hybridized carbons (Fsp3) is 0.0769. The summed E-state index contributed by atoms with van der Waals surface area (Å²) in [6, 6.07) is 21.1. The maximum absolute atomic E-state index is 2.16. The van der Waals surface area contributed by atoms with E-state index in [0.29, 0.717) is 0 Å². The molecule has 0 saturated carbocycles. The van der Waals surface area contributed by atoms with E-state index in [2.05, 4.69) is 60.7 Å². The van der Waals surface area contributed by atoms with Crippen LogP contribution < -0.4 is 0 Å². The minimum Gasteiger partial charge on any atom is -1.00 e. The van der Waals surface area contributed by atoms with Gasteiger partial charge in [0.05, 0.1) is 0 Å². The van der Waals surface area contributed by atoms with Crippen LogP contribution in [0.4, 0.5) is 0 Å². The van der Waals surface area contributed by atoms with Gasteiger partial charge in [0.25, 0.3) is 0 Å². The Labute approximate surface area is 129 Å². The number of hydrogen-bond acceptors (Lipinski definition) is 0. The van der Waals surface area contributed by atoms with Crippen LogP contribution in [0.5, 0.6) is 0 Å². The van der Waals surface area contributed by atoms with Crippen molar-refractivity contribution in [1.82, 2.24) is 0 Å². The zero-order valence-electron chi connectivity index (χ0n) is 12.9. The van der Waals surface area contributed by atoms with Gasteiger partial charge >= 0.3 is 46.1 Å². The van der Waals surface area contributed by atoms with Crippen LogP contribution in [-0.2, 0) is 6.42 Å². The normalized spacial score (nSPS) is 8.53. The average Bonchev–Trinajstić information content (AvgIpc) is 2.21. The predicted octanol–water partition coefficient (Wildman–Crippen LogP) is 2.97. The SMILES string of the molecule is [H-].[H-].[H-].[H-].[Mg+2].[Mg+2].c1ccc(Cc2ccccc2)cc1. The van der Waals surface area contributed by atoms with E-state index >= 15 is 0 Å². The molecule has 0 amide bonds. The average molecular weight is 221 g/mol. The molecule has 0 bridgehead atoms. The second-order valence-corrected chi connectivity index (χ2v) is 3.15. The Balaban J connectivity index is -0.000000109. The van der Waals surface area contributed by atoms with Gasteiger partial charge in [0.2, 0.25) is 0 Å². The molecular formula is C13H16Mg2. The standard InChI is InChI=1S/C13H12.2Mg.4H/c1-3-7-12(8-4-1)11-13-9-5-2-6-10-13;;;;;;/h1-10H,11H2;;;;;;/q;2*+2;4*-1. The molecule has 0 fully saturated rings.